The molecule has 1 aliphatic rings. The van der Waals surface area contributed by atoms with Crippen LogP contribution in [0.4, 0.5) is 5.13 Å². The third-order valence-corrected chi connectivity index (χ3v) is 5.60. The molecule has 9 heteroatoms. The van der Waals surface area contributed by atoms with Crippen molar-refractivity contribution in [2.24, 2.45) is 5.73 Å². The molecule has 1 fully saturated rings. The summed E-state index contributed by atoms with van der Waals surface area (Å²) in [4.78, 5) is 19.7. The summed E-state index contributed by atoms with van der Waals surface area (Å²) in [7, 11) is 0. The van der Waals surface area contributed by atoms with E-state index >= 15 is 0 Å². The highest BCUT2D eigenvalue weighted by Crippen LogP contribution is 2.28. The maximum Gasteiger partial charge on any atom is 0.224 e. The van der Waals surface area contributed by atoms with Crippen molar-refractivity contribution in [1.29, 1.82) is 5.26 Å². The number of morpholine rings is 1. The number of aromatic nitrogens is 3. The molecule has 1 aromatic carbocycles. The molecule has 0 aliphatic carbocycles. The molecule has 29 heavy (non-hydrogen) atoms. The molecule has 0 amide bonds. The number of nitriles is 1. The Bertz CT molecular complexity index is 1070. The fourth-order valence-corrected chi connectivity index (χ4v) is 3.89. The van der Waals surface area contributed by atoms with Gasteiger partial charge in [0.2, 0.25) is 10.9 Å². The number of pyridine rings is 1. The van der Waals surface area contributed by atoms with E-state index in [1.807, 2.05) is 12.1 Å². The number of ether oxygens (including phenoxy) is 1. The van der Waals surface area contributed by atoms with Crippen LogP contribution in [0.25, 0.3) is 11.3 Å². The summed E-state index contributed by atoms with van der Waals surface area (Å²) in [6.45, 7) is 3.08. The number of hydrogen-bond donors (Lipinski definition) is 1. The van der Waals surface area contributed by atoms with Gasteiger partial charge < -0.3 is 15.4 Å². The molecule has 0 unspecified atom stereocenters. The zero-order chi connectivity index (χ0) is 20.2. The van der Waals surface area contributed by atoms with Gasteiger partial charge in [-0.25, -0.2) is 0 Å². The molecule has 0 bridgehead atoms. The van der Waals surface area contributed by atoms with Gasteiger partial charge in [0.1, 0.15) is 0 Å². The largest absolute Gasteiger partial charge is 0.378 e. The highest BCUT2D eigenvalue weighted by atomic mass is 32.1. The first-order chi connectivity index (χ1) is 14.2. The zero-order valence-electron chi connectivity index (χ0n) is 15.5. The first kappa shape index (κ1) is 19.1. The van der Waals surface area contributed by atoms with Gasteiger partial charge in [-0.3, -0.25) is 9.78 Å². The quantitative estimate of drug-likeness (QED) is 0.639. The van der Waals surface area contributed by atoms with E-state index in [1.165, 1.54) is 11.3 Å². The lowest BCUT2D eigenvalue weighted by Gasteiger charge is -2.25. The van der Waals surface area contributed by atoms with E-state index in [4.69, 9.17) is 10.5 Å². The smallest absolute Gasteiger partial charge is 0.224 e. The monoisotopic (exact) mass is 406 g/mol. The summed E-state index contributed by atoms with van der Waals surface area (Å²) >= 11 is 1.24. The van der Waals surface area contributed by atoms with Crippen molar-refractivity contribution < 1.29 is 9.53 Å². The van der Waals surface area contributed by atoms with Gasteiger partial charge in [0.15, 0.2) is 5.01 Å². The number of nitrogens with zero attached hydrogens (tertiary/aromatic N) is 5. The molecular formula is C20H18N6O2S. The molecule has 3 heterocycles. The number of carbonyl (C=O) groups excluding carboxylic acids is 1. The number of ketones is 1. The second-order valence-corrected chi connectivity index (χ2v) is 7.40. The van der Waals surface area contributed by atoms with Crippen molar-refractivity contribution in [3.63, 3.8) is 0 Å². The molecule has 0 radical (unpaired) electrons. The van der Waals surface area contributed by atoms with E-state index in [0.717, 1.165) is 18.7 Å². The number of anilines is 1. The van der Waals surface area contributed by atoms with Crippen molar-refractivity contribution >= 4 is 22.3 Å². The zero-order valence-corrected chi connectivity index (χ0v) is 16.4. The second-order valence-electron chi connectivity index (χ2n) is 6.45. The normalized spacial score (nSPS) is 13.9. The second kappa shape index (κ2) is 8.45. The molecular weight excluding hydrogens is 388 g/mol. The van der Waals surface area contributed by atoms with Crippen molar-refractivity contribution in [2.75, 3.05) is 31.2 Å². The highest BCUT2D eigenvalue weighted by molar-refractivity contribution is 7.17. The summed E-state index contributed by atoms with van der Waals surface area (Å²) in [6.07, 6.45) is 1.68. The summed E-state index contributed by atoms with van der Waals surface area (Å²) < 4.78 is 5.35. The third kappa shape index (κ3) is 4.00. The summed E-state index contributed by atoms with van der Waals surface area (Å²) in [5, 5.41) is 18.5. The Morgan fingerprint density at radius 1 is 1.24 bits per heavy atom. The van der Waals surface area contributed by atoms with Crippen molar-refractivity contribution in [3.8, 4) is 17.3 Å². The van der Waals surface area contributed by atoms with Gasteiger partial charge in [0.25, 0.3) is 0 Å². The SMILES string of the molecule is N#Cc1ccc(-c2ccc(CN)cn2)c(C(=O)c2nnc(N3CCOCC3)s2)c1. The predicted molar refractivity (Wildman–Crippen MR) is 109 cm³/mol. The topological polar surface area (TPSA) is 118 Å². The van der Waals surface area contributed by atoms with Gasteiger partial charge in [0.05, 0.1) is 30.5 Å². The Morgan fingerprint density at radius 3 is 2.76 bits per heavy atom. The van der Waals surface area contributed by atoms with Gasteiger partial charge >= 0.3 is 0 Å². The lowest BCUT2D eigenvalue weighted by molar-refractivity contribution is 0.103. The molecule has 0 atom stereocenters. The molecule has 3 aromatic rings. The molecule has 4 rings (SSSR count). The van der Waals surface area contributed by atoms with Crippen LogP contribution in [-0.4, -0.2) is 47.3 Å². The van der Waals surface area contributed by atoms with Crippen LogP contribution < -0.4 is 10.6 Å². The molecule has 1 saturated heterocycles. The van der Waals surface area contributed by atoms with Gasteiger partial charge in [0, 0.05) is 37.0 Å². The van der Waals surface area contributed by atoms with E-state index in [2.05, 4.69) is 26.2 Å². The van der Waals surface area contributed by atoms with E-state index < -0.39 is 0 Å². The summed E-state index contributed by atoms with van der Waals surface area (Å²) in [5.41, 5.74) is 8.58. The van der Waals surface area contributed by atoms with E-state index in [0.29, 0.717) is 47.3 Å². The Hall–Kier alpha value is -3.19. The Kier molecular flexibility index (Phi) is 5.57. The van der Waals surface area contributed by atoms with E-state index in [-0.39, 0.29) is 10.8 Å². The average Bonchev–Trinajstić information content (AvgIpc) is 3.29. The molecule has 0 spiro atoms. The molecule has 1 aliphatic heterocycles. The van der Waals surface area contributed by atoms with Crippen LogP contribution in [-0.2, 0) is 11.3 Å². The first-order valence-electron chi connectivity index (χ1n) is 9.10. The summed E-state index contributed by atoms with van der Waals surface area (Å²) in [6, 6.07) is 10.8. The van der Waals surface area contributed by atoms with Crippen LogP contribution in [0, 0.1) is 11.3 Å². The van der Waals surface area contributed by atoms with E-state index in [1.54, 1.807) is 24.4 Å². The Morgan fingerprint density at radius 2 is 2.07 bits per heavy atom. The van der Waals surface area contributed by atoms with Crippen LogP contribution in [0.15, 0.2) is 36.5 Å². The standard InChI is InChI=1S/C20H18N6O2S/c21-10-13-1-3-15(17-4-2-14(11-22)12-23-17)16(9-13)18(27)19-24-25-20(29-19)26-5-7-28-8-6-26/h1-4,9,12H,5-8,11,22H2. The minimum absolute atomic E-state index is 0.279. The number of hydrogen-bond acceptors (Lipinski definition) is 9. The van der Waals surface area contributed by atoms with Crippen molar-refractivity contribution in [2.45, 2.75) is 6.54 Å². The first-order valence-corrected chi connectivity index (χ1v) is 9.91. The van der Waals surface area contributed by atoms with Crippen LogP contribution in [0.1, 0.15) is 26.5 Å². The lowest BCUT2D eigenvalue weighted by Crippen LogP contribution is -2.36. The van der Waals surface area contributed by atoms with Crippen molar-refractivity contribution in [1.82, 2.24) is 15.2 Å². The van der Waals surface area contributed by atoms with Gasteiger partial charge in [-0.05, 0) is 23.8 Å². The number of rotatable bonds is 5. The molecule has 2 N–H and O–H groups in total. The molecule has 8 nitrogen and oxygen atoms in total. The third-order valence-electron chi connectivity index (χ3n) is 4.62. The van der Waals surface area contributed by atoms with Gasteiger partial charge in [-0.15, -0.1) is 10.2 Å². The Labute approximate surface area is 171 Å². The number of carbonyl (C=O) groups is 1. The maximum absolute atomic E-state index is 13.2. The van der Waals surface area contributed by atoms with Crippen molar-refractivity contribution in [3.05, 3.63) is 58.2 Å². The fraction of sp³-hybridized carbons (Fsp3) is 0.250. The van der Waals surface area contributed by atoms with Crippen LogP contribution in [0.3, 0.4) is 0 Å². The Balaban J connectivity index is 1.70. The minimum Gasteiger partial charge on any atom is -0.378 e. The van der Waals surface area contributed by atoms with Gasteiger partial charge in [-0.1, -0.05) is 23.5 Å². The molecule has 2 aromatic heterocycles. The molecule has 0 saturated carbocycles. The van der Waals surface area contributed by atoms with E-state index in [9.17, 15) is 10.1 Å². The number of nitrogens with two attached hydrogens (primary N) is 1. The minimum atomic E-state index is -0.279. The number of benzene rings is 1. The highest BCUT2D eigenvalue weighted by Gasteiger charge is 2.23. The van der Waals surface area contributed by atoms with Crippen LogP contribution in [0.2, 0.25) is 0 Å². The molecule has 146 valence electrons. The maximum atomic E-state index is 13.2. The van der Waals surface area contributed by atoms with Crippen LogP contribution >= 0.6 is 11.3 Å². The average molecular weight is 406 g/mol. The van der Waals surface area contributed by atoms with Gasteiger partial charge in [-0.2, -0.15) is 5.26 Å². The predicted octanol–water partition coefficient (Wildman–Crippen LogP) is 2.00. The lowest BCUT2D eigenvalue weighted by atomic mass is 9.98. The fourth-order valence-electron chi connectivity index (χ4n) is 3.03. The summed E-state index contributed by atoms with van der Waals surface area (Å²) in [5.74, 6) is -0.279. The van der Waals surface area contributed by atoms with Crippen LogP contribution in [0.5, 0.6) is 0 Å².